The van der Waals surface area contributed by atoms with Crippen molar-refractivity contribution in [2.45, 2.75) is 26.1 Å². The Morgan fingerprint density at radius 2 is 2.42 bits per heavy atom. The van der Waals surface area contributed by atoms with Crippen LogP contribution in [0.15, 0.2) is 10.7 Å². The Balaban J connectivity index is 1.81. The Morgan fingerprint density at radius 3 is 3.16 bits per heavy atom. The van der Waals surface area contributed by atoms with Crippen LogP contribution in [0.1, 0.15) is 24.3 Å². The fraction of sp³-hybridized carbons (Fsp3) is 0.667. The van der Waals surface area contributed by atoms with E-state index in [-0.39, 0.29) is 24.0 Å². The summed E-state index contributed by atoms with van der Waals surface area (Å²) < 4.78 is 20.8. The lowest BCUT2D eigenvalue weighted by molar-refractivity contribution is -0.0509. The SMILES string of the molecule is CCOC(=O)c1coc(OCC2CNCC(C)O2)n1. The standard InChI is InChI=1S/C12H18N2O5/c1-3-16-11(15)10-7-18-12(14-10)17-6-9-5-13-4-8(2)19-9/h7-9,13H,3-6H2,1-2H3. The molecule has 2 atom stereocenters. The molecule has 0 amide bonds. The van der Waals surface area contributed by atoms with E-state index < -0.39 is 5.97 Å². The van der Waals surface area contributed by atoms with Crippen molar-refractivity contribution >= 4 is 5.97 Å². The van der Waals surface area contributed by atoms with Crippen molar-refractivity contribution in [3.8, 4) is 6.08 Å². The zero-order valence-corrected chi connectivity index (χ0v) is 11.0. The molecule has 2 heterocycles. The van der Waals surface area contributed by atoms with Crippen LogP contribution in [0.3, 0.4) is 0 Å². The smallest absolute Gasteiger partial charge is 0.394 e. The van der Waals surface area contributed by atoms with Crippen molar-refractivity contribution in [3.63, 3.8) is 0 Å². The summed E-state index contributed by atoms with van der Waals surface area (Å²) in [5.41, 5.74) is 0.105. The first-order valence-electron chi connectivity index (χ1n) is 6.30. The van der Waals surface area contributed by atoms with E-state index in [9.17, 15) is 4.79 Å². The molecule has 0 radical (unpaired) electrons. The number of nitrogens with zero attached hydrogens (tertiary/aromatic N) is 1. The Bertz CT molecular complexity index is 420. The minimum Gasteiger partial charge on any atom is -0.461 e. The van der Waals surface area contributed by atoms with Gasteiger partial charge in [-0.05, 0) is 13.8 Å². The summed E-state index contributed by atoms with van der Waals surface area (Å²) in [4.78, 5) is 15.3. The van der Waals surface area contributed by atoms with Crippen LogP contribution < -0.4 is 10.1 Å². The van der Waals surface area contributed by atoms with E-state index >= 15 is 0 Å². The van der Waals surface area contributed by atoms with E-state index in [0.29, 0.717) is 13.2 Å². The van der Waals surface area contributed by atoms with Crippen LogP contribution in [0, 0.1) is 0 Å². The number of oxazole rings is 1. The highest BCUT2D eigenvalue weighted by Crippen LogP contribution is 2.12. The summed E-state index contributed by atoms with van der Waals surface area (Å²) in [5, 5.41) is 3.23. The van der Waals surface area contributed by atoms with Gasteiger partial charge in [0.25, 0.3) is 0 Å². The molecular formula is C12H18N2O5. The van der Waals surface area contributed by atoms with Crippen molar-refractivity contribution in [1.82, 2.24) is 10.3 Å². The van der Waals surface area contributed by atoms with Gasteiger partial charge in [-0.3, -0.25) is 0 Å². The Morgan fingerprint density at radius 1 is 1.58 bits per heavy atom. The predicted octanol–water partition coefficient (Wildman–Crippen LogP) is 0.607. The molecule has 2 unspecified atom stereocenters. The molecule has 0 aromatic carbocycles. The Hall–Kier alpha value is -1.60. The summed E-state index contributed by atoms with van der Waals surface area (Å²) >= 11 is 0. The molecule has 0 spiro atoms. The molecule has 106 valence electrons. The lowest BCUT2D eigenvalue weighted by Crippen LogP contribution is -2.45. The van der Waals surface area contributed by atoms with E-state index in [0.717, 1.165) is 13.1 Å². The summed E-state index contributed by atoms with van der Waals surface area (Å²) in [6.07, 6.45) is 1.37. The van der Waals surface area contributed by atoms with Gasteiger partial charge in [0, 0.05) is 13.1 Å². The van der Waals surface area contributed by atoms with Gasteiger partial charge < -0.3 is 23.9 Å². The van der Waals surface area contributed by atoms with Gasteiger partial charge in [0.15, 0.2) is 5.69 Å². The van der Waals surface area contributed by atoms with Crippen LogP contribution in [-0.4, -0.2) is 49.5 Å². The summed E-state index contributed by atoms with van der Waals surface area (Å²) in [5.74, 6) is -0.523. The zero-order chi connectivity index (χ0) is 13.7. The molecule has 1 aromatic rings. The van der Waals surface area contributed by atoms with Crippen molar-refractivity contribution in [2.75, 3.05) is 26.3 Å². The minimum atomic E-state index is -0.523. The maximum Gasteiger partial charge on any atom is 0.394 e. The van der Waals surface area contributed by atoms with Crippen molar-refractivity contribution < 1.29 is 23.4 Å². The van der Waals surface area contributed by atoms with Crippen molar-refractivity contribution in [1.29, 1.82) is 0 Å². The molecule has 0 bridgehead atoms. The van der Waals surface area contributed by atoms with Gasteiger partial charge >= 0.3 is 12.0 Å². The Kier molecular flexibility index (Phi) is 4.75. The molecule has 1 N–H and O–H groups in total. The van der Waals surface area contributed by atoms with Gasteiger partial charge in [-0.1, -0.05) is 0 Å². The quantitative estimate of drug-likeness (QED) is 0.785. The number of morpholine rings is 1. The third-order valence-corrected chi connectivity index (χ3v) is 2.59. The number of esters is 1. The van der Waals surface area contributed by atoms with Gasteiger partial charge in [0.2, 0.25) is 0 Å². The molecule has 0 saturated carbocycles. The summed E-state index contributed by atoms with van der Waals surface area (Å²) in [6, 6.07) is 0. The molecule has 2 rings (SSSR count). The second-order valence-corrected chi connectivity index (χ2v) is 4.26. The fourth-order valence-corrected chi connectivity index (χ4v) is 1.76. The van der Waals surface area contributed by atoms with Gasteiger partial charge in [-0.15, -0.1) is 0 Å². The second-order valence-electron chi connectivity index (χ2n) is 4.26. The van der Waals surface area contributed by atoms with E-state index in [1.54, 1.807) is 6.92 Å². The predicted molar refractivity (Wildman–Crippen MR) is 65.2 cm³/mol. The van der Waals surface area contributed by atoms with Crippen molar-refractivity contribution in [3.05, 3.63) is 12.0 Å². The third-order valence-electron chi connectivity index (χ3n) is 2.59. The van der Waals surface area contributed by atoms with E-state index in [4.69, 9.17) is 18.6 Å². The molecular weight excluding hydrogens is 252 g/mol. The van der Waals surface area contributed by atoms with Crippen molar-refractivity contribution in [2.24, 2.45) is 0 Å². The molecule has 1 aliphatic heterocycles. The first-order valence-corrected chi connectivity index (χ1v) is 6.30. The van der Waals surface area contributed by atoms with Crippen LogP contribution in [0.5, 0.6) is 6.08 Å². The van der Waals surface area contributed by atoms with E-state index in [1.807, 2.05) is 6.92 Å². The van der Waals surface area contributed by atoms with Gasteiger partial charge in [0.1, 0.15) is 19.0 Å². The number of carbonyl (C=O) groups is 1. The van der Waals surface area contributed by atoms with E-state index in [1.165, 1.54) is 6.26 Å². The molecule has 1 aliphatic rings. The highest BCUT2D eigenvalue weighted by molar-refractivity contribution is 5.86. The monoisotopic (exact) mass is 270 g/mol. The topological polar surface area (TPSA) is 82.8 Å². The number of carbonyl (C=O) groups excluding carboxylic acids is 1. The zero-order valence-electron chi connectivity index (χ0n) is 11.0. The van der Waals surface area contributed by atoms with Gasteiger partial charge in [-0.2, -0.15) is 4.98 Å². The van der Waals surface area contributed by atoms with Crippen LogP contribution in [-0.2, 0) is 9.47 Å². The van der Waals surface area contributed by atoms with Crippen LogP contribution in [0.25, 0.3) is 0 Å². The van der Waals surface area contributed by atoms with Crippen LogP contribution in [0.2, 0.25) is 0 Å². The third kappa shape index (κ3) is 3.93. The molecule has 1 fully saturated rings. The van der Waals surface area contributed by atoms with Gasteiger partial charge in [-0.25, -0.2) is 4.79 Å². The molecule has 7 nitrogen and oxygen atoms in total. The average Bonchev–Trinajstić information content (AvgIpc) is 2.86. The number of hydrogen-bond acceptors (Lipinski definition) is 7. The molecule has 0 aliphatic carbocycles. The second kappa shape index (κ2) is 6.53. The summed E-state index contributed by atoms with van der Waals surface area (Å²) in [7, 11) is 0. The highest BCUT2D eigenvalue weighted by atomic mass is 16.6. The largest absolute Gasteiger partial charge is 0.461 e. The van der Waals surface area contributed by atoms with Gasteiger partial charge in [0.05, 0.1) is 12.7 Å². The number of hydrogen-bond donors (Lipinski definition) is 1. The normalized spacial score (nSPS) is 23.1. The Labute approximate surface area is 111 Å². The first kappa shape index (κ1) is 13.8. The fourth-order valence-electron chi connectivity index (χ4n) is 1.76. The lowest BCUT2D eigenvalue weighted by Gasteiger charge is -2.27. The van der Waals surface area contributed by atoms with Crippen LogP contribution in [0.4, 0.5) is 0 Å². The maximum atomic E-state index is 11.4. The minimum absolute atomic E-state index is 0.0462. The van der Waals surface area contributed by atoms with E-state index in [2.05, 4.69) is 10.3 Å². The molecule has 19 heavy (non-hydrogen) atoms. The average molecular weight is 270 g/mol. The maximum absolute atomic E-state index is 11.4. The molecule has 1 saturated heterocycles. The number of ether oxygens (including phenoxy) is 3. The molecule has 1 aromatic heterocycles. The number of nitrogens with one attached hydrogen (secondary N) is 1. The van der Waals surface area contributed by atoms with Crippen LogP contribution >= 0.6 is 0 Å². The lowest BCUT2D eigenvalue weighted by atomic mass is 10.2. The highest BCUT2D eigenvalue weighted by Gasteiger charge is 2.20. The number of rotatable bonds is 5. The number of aromatic nitrogens is 1. The summed E-state index contributed by atoms with van der Waals surface area (Å²) in [6.45, 7) is 5.88. The first-order chi connectivity index (χ1) is 9.19. The molecule has 7 heteroatoms.